The summed E-state index contributed by atoms with van der Waals surface area (Å²) in [6.07, 6.45) is 0. The third-order valence-corrected chi connectivity index (χ3v) is 3.48. The van der Waals surface area contributed by atoms with E-state index in [-0.39, 0.29) is 0 Å². The molecule has 0 aliphatic heterocycles. The maximum absolute atomic E-state index is 10.9. The average Bonchev–Trinajstić information content (AvgIpc) is 2.29. The molecule has 0 fully saturated rings. The number of hydrogen-bond acceptors (Lipinski definition) is 4. The molecule has 0 aromatic heterocycles. The Bertz CT molecular complexity index is 396. The predicted molar refractivity (Wildman–Crippen MR) is 64.8 cm³/mol. The summed E-state index contributed by atoms with van der Waals surface area (Å²) in [6, 6.07) is 7.81. The third-order valence-electron chi connectivity index (χ3n) is 2.13. The number of nitrogens with two attached hydrogens (primary N) is 1. The zero-order valence-corrected chi connectivity index (χ0v) is 9.76. The number of carboxylic acids is 2. The summed E-state index contributed by atoms with van der Waals surface area (Å²) in [5.41, 5.74) is 6.26. The number of hydrogen-bond donors (Lipinski definition) is 3. The molecule has 2 atom stereocenters. The second-order valence-electron chi connectivity index (χ2n) is 3.42. The third kappa shape index (κ3) is 4.08. The summed E-state index contributed by atoms with van der Waals surface area (Å²) in [6.45, 7) is 0. The van der Waals surface area contributed by atoms with Crippen molar-refractivity contribution in [2.75, 3.05) is 0 Å². The van der Waals surface area contributed by atoms with Crippen LogP contribution in [0, 0.1) is 0 Å². The molecule has 0 saturated heterocycles. The first-order chi connectivity index (χ1) is 8.02. The Hall–Kier alpha value is -1.53. The van der Waals surface area contributed by atoms with E-state index in [4.69, 9.17) is 15.9 Å². The van der Waals surface area contributed by atoms with E-state index in [9.17, 15) is 9.59 Å². The Labute approximate surface area is 103 Å². The lowest BCUT2D eigenvalue weighted by atomic mass is 10.2. The minimum absolute atomic E-state index is 0.415. The Morgan fingerprint density at radius 3 is 2.24 bits per heavy atom. The van der Waals surface area contributed by atoms with Crippen LogP contribution in [0.2, 0.25) is 0 Å². The van der Waals surface area contributed by atoms with Gasteiger partial charge < -0.3 is 15.9 Å². The van der Waals surface area contributed by atoms with Crippen LogP contribution in [0.4, 0.5) is 0 Å². The molecule has 92 valence electrons. The lowest BCUT2D eigenvalue weighted by Gasteiger charge is -2.15. The fraction of sp³-hybridized carbons (Fsp3) is 0.273. The monoisotopic (exact) mass is 255 g/mol. The minimum Gasteiger partial charge on any atom is -0.480 e. The fourth-order valence-corrected chi connectivity index (χ4v) is 2.25. The summed E-state index contributed by atoms with van der Waals surface area (Å²) in [5, 5.41) is 16.5. The maximum Gasteiger partial charge on any atom is 0.322 e. The second-order valence-corrected chi connectivity index (χ2v) is 4.55. The summed E-state index contributed by atoms with van der Waals surface area (Å²) < 4.78 is 0. The van der Waals surface area contributed by atoms with Crippen molar-refractivity contribution in [3.63, 3.8) is 0 Å². The molecule has 0 radical (unpaired) electrons. The molecule has 6 heteroatoms. The van der Waals surface area contributed by atoms with Gasteiger partial charge in [-0.3, -0.25) is 9.59 Å². The molecule has 1 aromatic carbocycles. The Kier molecular flexibility index (Phi) is 4.99. The van der Waals surface area contributed by atoms with E-state index in [2.05, 4.69) is 0 Å². The Balaban J connectivity index is 2.63. The van der Waals surface area contributed by atoms with Gasteiger partial charge in [-0.15, -0.1) is 11.8 Å². The quantitative estimate of drug-likeness (QED) is 0.694. The van der Waals surface area contributed by atoms with E-state index in [0.717, 1.165) is 17.3 Å². The number of aliphatic carboxylic acids is 2. The molecule has 4 N–H and O–H groups in total. The first-order valence-corrected chi connectivity index (χ1v) is 5.94. The predicted octanol–water partition coefficient (Wildman–Crippen LogP) is 0.785. The van der Waals surface area contributed by atoms with Crippen molar-refractivity contribution in [3.05, 3.63) is 35.9 Å². The van der Waals surface area contributed by atoms with Gasteiger partial charge in [-0.25, -0.2) is 0 Å². The maximum atomic E-state index is 10.9. The van der Waals surface area contributed by atoms with Crippen LogP contribution < -0.4 is 5.73 Å². The van der Waals surface area contributed by atoms with Crippen molar-refractivity contribution in [1.29, 1.82) is 0 Å². The summed E-state index contributed by atoms with van der Waals surface area (Å²) in [7, 11) is 0. The molecule has 1 rings (SSSR count). The minimum atomic E-state index is -1.40. The lowest BCUT2D eigenvalue weighted by Crippen LogP contribution is -2.44. The van der Waals surface area contributed by atoms with Crippen molar-refractivity contribution in [2.45, 2.75) is 17.0 Å². The molecule has 2 unspecified atom stereocenters. The first kappa shape index (κ1) is 13.5. The van der Waals surface area contributed by atoms with E-state index < -0.39 is 23.2 Å². The SMILES string of the molecule is NC(C(=O)O)C(SCc1ccccc1)C(=O)O. The normalized spacial score (nSPS) is 13.9. The van der Waals surface area contributed by atoms with Crippen molar-refractivity contribution in [2.24, 2.45) is 5.73 Å². The van der Waals surface area contributed by atoms with Crippen LogP contribution in [0.5, 0.6) is 0 Å². The zero-order valence-electron chi connectivity index (χ0n) is 8.95. The van der Waals surface area contributed by atoms with Gasteiger partial charge in [-0.2, -0.15) is 0 Å². The largest absolute Gasteiger partial charge is 0.480 e. The number of rotatable bonds is 6. The molecule has 0 saturated carbocycles. The number of thioether (sulfide) groups is 1. The summed E-state index contributed by atoms with van der Waals surface area (Å²) in [5.74, 6) is -2.10. The van der Waals surface area contributed by atoms with Crippen molar-refractivity contribution >= 4 is 23.7 Å². The van der Waals surface area contributed by atoms with E-state index in [1.54, 1.807) is 0 Å². The van der Waals surface area contributed by atoms with Gasteiger partial charge in [0.2, 0.25) is 0 Å². The lowest BCUT2D eigenvalue weighted by molar-refractivity contribution is -0.144. The highest BCUT2D eigenvalue weighted by molar-refractivity contribution is 7.99. The van der Waals surface area contributed by atoms with Crippen LogP contribution in [-0.2, 0) is 15.3 Å². The zero-order chi connectivity index (χ0) is 12.8. The van der Waals surface area contributed by atoms with Crippen molar-refractivity contribution in [1.82, 2.24) is 0 Å². The van der Waals surface area contributed by atoms with E-state index >= 15 is 0 Å². The van der Waals surface area contributed by atoms with E-state index in [0.29, 0.717) is 5.75 Å². The molecule has 0 bridgehead atoms. The molecule has 17 heavy (non-hydrogen) atoms. The molecule has 0 aliphatic carbocycles. The van der Waals surface area contributed by atoms with Gasteiger partial charge in [-0.1, -0.05) is 30.3 Å². The molecule has 5 nitrogen and oxygen atoms in total. The highest BCUT2D eigenvalue weighted by atomic mass is 32.2. The van der Waals surface area contributed by atoms with Crippen molar-refractivity contribution < 1.29 is 19.8 Å². The standard InChI is InChI=1S/C11H13NO4S/c12-8(10(13)14)9(11(15)16)17-6-7-4-2-1-3-5-7/h1-5,8-9H,6,12H2,(H,13,14)(H,15,16). The number of benzene rings is 1. The van der Waals surface area contributed by atoms with Gasteiger partial charge >= 0.3 is 11.9 Å². The molecule has 0 heterocycles. The van der Waals surface area contributed by atoms with Gasteiger partial charge in [0, 0.05) is 5.75 Å². The average molecular weight is 255 g/mol. The molecular weight excluding hydrogens is 242 g/mol. The molecule has 0 amide bonds. The summed E-state index contributed by atoms with van der Waals surface area (Å²) in [4.78, 5) is 21.6. The van der Waals surface area contributed by atoms with Gasteiger partial charge in [0.1, 0.15) is 11.3 Å². The van der Waals surface area contributed by atoms with Gasteiger partial charge in [0.05, 0.1) is 0 Å². The van der Waals surface area contributed by atoms with Gasteiger partial charge in [-0.05, 0) is 5.56 Å². The van der Waals surface area contributed by atoms with Crippen LogP contribution in [0.1, 0.15) is 5.56 Å². The highest BCUT2D eigenvalue weighted by Gasteiger charge is 2.30. The Morgan fingerprint density at radius 2 is 1.76 bits per heavy atom. The van der Waals surface area contributed by atoms with E-state index in [1.165, 1.54) is 0 Å². The molecule has 0 spiro atoms. The number of carbonyl (C=O) groups is 2. The first-order valence-electron chi connectivity index (χ1n) is 4.89. The van der Waals surface area contributed by atoms with Crippen LogP contribution >= 0.6 is 11.8 Å². The van der Waals surface area contributed by atoms with Crippen molar-refractivity contribution in [3.8, 4) is 0 Å². The smallest absolute Gasteiger partial charge is 0.322 e. The van der Waals surface area contributed by atoms with Gasteiger partial charge in [0.25, 0.3) is 0 Å². The second kappa shape index (κ2) is 6.27. The van der Waals surface area contributed by atoms with Gasteiger partial charge in [0.15, 0.2) is 0 Å². The molecular formula is C11H13NO4S. The van der Waals surface area contributed by atoms with Crippen LogP contribution in [0.25, 0.3) is 0 Å². The topological polar surface area (TPSA) is 101 Å². The number of carboxylic acid groups (broad SMARTS) is 2. The molecule has 0 aliphatic rings. The fourth-order valence-electron chi connectivity index (χ4n) is 1.22. The molecule has 1 aromatic rings. The highest BCUT2D eigenvalue weighted by Crippen LogP contribution is 2.20. The van der Waals surface area contributed by atoms with Crippen LogP contribution in [0.15, 0.2) is 30.3 Å². The van der Waals surface area contributed by atoms with Crippen LogP contribution in [-0.4, -0.2) is 33.4 Å². The van der Waals surface area contributed by atoms with E-state index in [1.807, 2.05) is 30.3 Å². The summed E-state index contributed by atoms with van der Waals surface area (Å²) >= 11 is 1.01. The Morgan fingerprint density at radius 1 is 1.18 bits per heavy atom. The van der Waals surface area contributed by atoms with Crippen LogP contribution in [0.3, 0.4) is 0 Å².